The molecule has 14 nitrogen and oxygen atoms in total. The van der Waals surface area contributed by atoms with Crippen molar-refractivity contribution in [3.8, 4) is 56.8 Å². The van der Waals surface area contributed by atoms with Crippen molar-refractivity contribution in [2.24, 2.45) is 28.2 Å². The highest BCUT2D eigenvalue weighted by Crippen LogP contribution is 2.42. The van der Waals surface area contributed by atoms with Crippen molar-refractivity contribution in [2.75, 3.05) is 26.7 Å². The van der Waals surface area contributed by atoms with Crippen LogP contribution in [0.4, 0.5) is 5.69 Å². The molecule has 0 saturated carbocycles. The molecule has 131 heavy (non-hydrogen) atoms. The van der Waals surface area contributed by atoms with Crippen LogP contribution in [0.5, 0.6) is 23.0 Å². The molecule has 0 saturated heterocycles. The molecule has 2 aliphatic rings. The number of ether oxygens (including phenoxy) is 4. The van der Waals surface area contributed by atoms with E-state index in [2.05, 4.69) is 338 Å². The molecule has 9 aromatic heterocycles. The Balaban J connectivity index is 0.000000211. The quantitative estimate of drug-likeness (QED) is 0.0269. The molecule has 0 spiro atoms. The van der Waals surface area contributed by atoms with Gasteiger partial charge in [-0.1, -0.05) is 209 Å². The number of benzene rings is 9. The van der Waals surface area contributed by atoms with Gasteiger partial charge in [0.25, 0.3) is 17.0 Å². The third-order valence-corrected chi connectivity index (χ3v) is 23.6. The summed E-state index contributed by atoms with van der Waals surface area (Å²) in [6.07, 6.45) is 41.0. The molecule has 0 unspecified atom stereocenters. The Hall–Kier alpha value is -12.1. The third kappa shape index (κ3) is 26.8. The number of hydrogen-bond donors (Lipinski definition) is 1. The Kier molecular flexibility index (Phi) is 43.1. The maximum absolute atomic E-state index is 5.85. The van der Waals surface area contributed by atoms with Crippen molar-refractivity contribution in [1.82, 2.24) is 4.40 Å². The highest BCUT2D eigenvalue weighted by molar-refractivity contribution is 6.15. The second kappa shape index (κ2) is 53.3. The van der Waals surface area contributed by atoms with Crippen molar-refractivity contribution in [1.29, 1.82) is 0 Å². The highest BCUT2D eigenvalue weighted by Gasteiger charge is 2.29. The lowest BCUT2D eigenvalue weighted by Crippen LogP contribution is -3.00. The minimum Gasteiger partial charge on any atom is -1.00 e. The fraction of sp³-hybridized carbons (Fsp3) is 0.274. The van der Waals surface area contributed by atoms with E-state index in [1.807, 2.05) is 86.8 Å². The number of anilines is 1. The largest absolute Gasteiger partial charge is 1.00 e. The molecule has 20 rings (SSSR count). The number of unbranched alkanes of at least 4 members (excludes halogenated alkanes) is 13. The van der Waals surface area contributed by atoms with Crippen LogP contribution in [0.25, 0.3) is 115 Å². The fourth-order valence-electron chi connectivity index (χ4n) is 17.1. The molecule has 0 bridgehead atoms. The number of nitrogens with zero attached hydrogens (tertiary/aromatic N) is 9. The first-order chi connectivity index (χ1) is 60.9. The monoisotopic (exact) mass is 1880 g/mol. The van der Waals surface area contributed by atoms with Crippen LogP contribution < -0.4 is 115 Å². The number of hydrogen-bond acceptors (Lipinski definition) is 5. The SMILES string of the molecule is C.C.C.CCCCCCCCCCCCCCCC[n+]1ccccc1.CC[n+]1c(-c2ccccc2)c2ccccc2c2ccccc21.COc1ccc2c(c[n+](C)c3c4cc5c(cc4ccc23)OCO5)c1OC.C[n+]1ccc(-c2ccccc2)cc1.C[n+]1ccn2ccccc21.Cc1ccc2cc3ccc(N)cc3[n+](C)c2c1.[Br-].[Cl-].[Cl-].[Cl-].c1cc[n+]2c(c1)-c1cccc[n+]1CC2. The average molecular weight is 1880 g/mol. The number of para-hydroxylation sites is 1. The third-order valence-electron chi connectivity index (χ3n) is 23.6. The van der Waals surface area contributed by atoms with E-state index in [0.717, 1.165) is 80.8 Å². The van der Waals surface area contributed by atoms with Crippen LogP contribution in [-0.4, -0.2) is 25.4 Å². The van der Waals surface area contributed by atoms with E-state index in [-0.39, 0.29) is 83.3 Å². The lowest BCUT2D eigenvalue weighted by Gasteiger charge is -2.12. The van der Waals surface area contributed by atoms with Crippen LogP contribution in [0.3, 0.4) is 0 Å². The molecule has 0 fully saturated rings. The van der Waals surface area contributed by atoms with Crippen molar-refractivity contribution < 1.29 is 110 Å². The zero-order valence-electron chi connectivity index (χ0n) is 75.4. The van der Waals surface area contributed by atoms with Crippen LogP contribution in [0.15, 0.2) is 335 Å². The number of imidazole rings is 1. The molecular formula is C113H134BrCl3N10O4+4. The van der Waals surface area contributed by atoms with Gasteiger partial charge in [0.2, 0.25) is 47.6 Å². The van der Waals surface area contributed by atoms with Crippen molar-refractivity contribution in [3.63, 3.8) is 0 Å². The summed E-state index contributed by atoms with van der Waals surface area (Å²) in [6, 6.07) is 95.0. The number of nitrogen functional groups attached to an aromatic ring is 1. The van der Waals surface area contributed by atoms with Crippen LogP contribution in [-0.2, 0) is 54.4 Å². The zero-order valence-corrected chi connectivity index (χ0v) is 79.3. The molecule has 0 amide bonds. The molecule has 18 aromatic rings. The second-order valence-corrected chi connectivity index (χ2v) is 32.3. The predicted octanol–water partition coefficient (Wildman–Crippen LogP) is 11.7. The van der Waals surface area contributed by atoms with Gasteiger partial charge in [-0.25, -0.2) is 18.1 Å². The van der Waals surface area contributed by atoms with Crippen LogP contribution in [0.2, 0.25) is 0 Å². The topological polar surface area (TPSA) is 98.4 Å². The number of fused-ring (bicyclic) bond motifs is 15. The Bertz CT molecular complexity index is 6480. The lowest BCUT2D eigenvalue weighted by atomic mass is 9.99. The standard InChI is InChI=1S/C21H18NO4.C21H18N.C21H38N.C15H14N2.C12H12N2.C12H12N.C8H9N2.3CH4.BrH.3ClH/c1-22-10-16-13(6-7-17(23-2)21(16)24-3)14-5-4-12-8-18-19(26-11-25-18)9-15(12)20(14)22;1-2-22-20-15-9-8-13-18(20)17-12-6-7-14-19(17)21(22)16-10-4-3-5-11-16;1-2-3-4-5-6-7-8-9-10-11-12-13-14-16-19-22-20-17-15-18-21-22;1-10-3-4-11-8-12-5-6-13(16)9-15(12)17(2)14(11)7-10;1-3-7-13-9-10-14-8-4-2-6-12(14)11(13)5-1;1-13-9-7-12(8-10-13)11-5-3-2-4-6-11;1-9-6-7-10-5-3-2-4-8(9)10;;;;;;;/h4-10H,11H2,1-3H3;3-15H,2H2,1H3;15,17-18,20-21H,2-14,16,19H2,1H3;3-9,16H,1-2H3;1-8H,9-10H2;2-10H,1H3;2-7H,1H3;3*1H4;4*1H/q3*+1;;+2;2*+1;;;;;;;/p-3. The molecule has 2 N–H and O–H groups in total. The number of nitrogens with two attached hydrogens (primary N) is 1. The van der Waals surface area contributed by atoms with E-state index in [1.165, 1.54) is 185 Å². The van der Waals surface area contributed by atoms with Gasteiger partial charge in [0.05, 0.1) is 54.4 Å². The number of rotatable bonds is 20. The molecule has 0 aliphatic carbocycles. The van der Waals surface area contributed by atoms with Gasteiger partial charge in [0, 0.05) is 112 Å². The van der Waals surface area contributed by atoms with E-state index in [9.17, 15) is 0 Å². The van der Waals surface area contributed by atoms with Gasteiger partial charge in [0.15, 0.2) is 66.4 Å². The average Bonchev–Trinajstić information content (AvgIpc) is 1.69. The number of aryl methyl sites for hydroxylation is 9. The molecule has 9 aromatic carbocycles. The van der Waals surface area contributed by atoms with Gasteiger partial charge in [0.1, 0.15) is 46.6 Å². The van der Waals surface area contributed by atoms with E-state index in [4.69, 9.17) is 24.7 Å². The zero-order chi connectivity index (χ0) is 85.9. The molecular weight excluding hydrogens is 1750 g/mol. The van der Waals surface area contributed by atoms with E-state index in [0.29, 0.717) is 0 Å². The molecule has 684 valence electrons. The number of methoxy groups -OCH3 is 2. The fourth-order valence-corrected chi connectivity index (χ4v) is 17.1. The first-order valence-corrected chi connectivity index (χ1v) is 44.4. The summed E-state index contributed by atoms with van der Waals surface area (Å²) in [6.45, 7) is 11.2. The summed E-state index contributed by atoms with van der Waals surface area (Å²) < 4.78 is 42.0. The lowest BCUT2D eigenvalue weighted by molar-refractivity contribution is -0.794. The van der Waals surface area contributed by atoms with E-state index < -0.39 is 0 Å². The maximum atomic E-state index is 5.85. The van der Waals surface area contributed by atoms with Crippen molar-refractivity contribution >= 4 is 87.3 Å². The molecule has 2 aliphatic heterocycles. The normalized spacial score (nSPS) is 10.9. The van der Waals surface area contributed by atoms with Gasteiger partial charge < -0.3 is 78.9 Å². The van der Waals surface area contributed by atoms with Crippen molar-refractivity contribution in [3.05, 3.63) is 341 Å². The first-order valence-electron chi connectivity index (χ1n) is 44.4. The molecule has 18 heteroatoms. The first kappa shape index (κ1) is 106. The highest BCUT2D eigenvalue weighted by atomic mass is 79.9. The summed E-state index contributed by atoms with van der Waals surface area (Å²) >= 11 is 0. The van der Waals surface area contributed by atoms with Crippen molar-refractivity contribution in [2.45, 2.75) is 159 Å². The van der Waals surface area contributed by atoms with E-state index >= 15 is 0 Å². The van der Waals surface area contributed by atoms with Crippen LogP contribution in [0.1, 0.15) is 132 Å². The maximum Gasteiger partial charge on any atom is 0.285 e. The van der Waals surface area contributed by atoms with Crippen LogP contribution in [0, 0.1) is 6.92 Å². The van der Waals surface area contributed by atoms with Gasteiger partial charge >= 0.3 is 0 Å². The Morgan fingerprint density at radius 1 is 0.397 bits per heavy atom. The number of halogens is 4. The number of aromatic nitrogens is 9. The Labute approximate surface area is 806 Å². The second-order valence-electron chi connectivity index (χ2n) is 32.3. The Morgan fingerprint density at radius 2 is 0.908 bits per heavy atom. The molecule has 0 radical (unpaired) electrons. The predicted molar refractivity (Wildman–Crippen MR) is 525 cm³/mol. The van der Waals surface area contributed by atoms with Gasteiger partial charge in [-0.3, -0.25) is 0 Å². The van der Waals surface area contributed by atoms with Crippen LogP contribution >= 0.6 is 0 Å². The summed E-state index contributed by atoms with van der Waals surface area (Å²) in [7, 11) is 11.5. The number of pyridine rings is 8. The summed E-state index contributed by atoms with van der Waals surface area (Å²) in [4.78, 5) is 0. The minimum absolute atomic E-state index is 0. The summed E-state index contributed by atoms with van der Waals surface area (Å²) in [5, 5.41) is 12.0. The smallest absolute Gasteiger partial charge is 0.285 e. The Morgan fingerprint density at radius 3 is 1.52 bits per heavy atom. The molecule has 0 atom stereocenters. The molecule has 11 heterocycles. The summed E-state index contributed by atoms with van der Waals surface area (Å²) in [5.74, 6) is 3.06. The van der Waals surface area contributed by atoms with Gasteiger partial charge in [-0.15, -0.1) is 0 Å². The summed E-state index contributed by atoms with van der Waals surface area (Å²) in [5.41, 5.74) is 21.7. The minimum atomic E-state index is 0. The van der Waals surface area contributed by atoms with Gasteiger partial charge in [-0.2, -0.15) is 22.8 Å². The van der Waals surface area contributed by atoms with E-state index in [1.54, 1.807) is 14.2 Å². The van der Waals surface area contributed by atoms with Gasteiger partial charge in [-0.05, 0) is 139 Å².